The third kappa shape index (κ3) is 3.02. The molecule has 0 aliphatic heterocycles. The van der Waals surface area contributed by atoms with Crippen LogP contribution in [0.15, 0.2) is 27.9 Å². The highest BCUT2D eigenvalue weighted by molar-refractivity contribution is 7.98. The number of nitrogens with zero attached hydrogens (tertiary/aromatic N) is 2. The van der Waals surface area contributed by atoms with Crippen molar-refractivity contribution < 1.29 is 0 Å². The normalized spacial score (nSPS) is 11.0. The fourth-order valence-corrected chi connectivity index (χ4v) is 3.28. The molecule has 2 rings (SSSR count). The lowest BCUT2D eigenvalue weighted by Gasteiger charge is -2.08. The van der Waals surface area contributed by atoms with Gasteiger partial charge in [0.1, 0.15) is 0 Å². The van der Waals surface area contributed by atoms with E-state index in [9.17, 15) is 4.79 Å². The monoisotopic (exact) mass is 316 g/mol. The smallest absolute Gasteiger partial charge is 0.266 e. The molecule has 1 heterocycles. The minimum Gasteiger partial charge on any atom is -0.289 e. The Morgan fingerprint density at radius 1 is 1.11 bits per heavy atom. The number of aryl methyl sites for hydroxylation is 1. The van der Waals surface area contributed by atoms with Crippen LogP contribution < -0.4 is 5.56 Å². The Hall–Kier alpha value is -0.840. The van der Waals surface area contributed by atoms with Crippen molar-refractivity contribution in [3.8, 4) is 0 Å². The Morgan fingerprint density at radius 2 is 1.79 bits per heavy atom. The average Bonchev–Trinajstić information content (AvgIpc) is 2.60. The molecule has 0 N–H and O–H groups in total. The van der Waals surface area contributed by atoms with Crippen LogP contribution in [0.2, 0.25) is 10.0 Å². The van der Waals surface area contributed by atoms with Crippen LogP contribution in [0.1, 0.15) is 11.3 Å². The highest BCUT2D eigenvalue weighted by Crippen LogP contribution is 2.33. The highest BCUT2D eigenvalue weighted by atomic mass is 35.5. The topological polar surface area (TPSA) is 26.9 Å². The number of thioether (sulfide) groups is 1. The van der Waals surface area contributed by atoms with E-state index in [1.54, 1.807) is 35.6 Å². The van der Waals surface area contributed by atoms with Gasteiger partial charge in [-0.1, -0.05) is 23.2 Å². The molecule has 0 amide bonds. The molecule has 6 heteroatoms. The van der Waals surface area contributed by atoms with Crippen molar-refractivity contribution in [2.75, 3.05) is 0 Å². The van der Waals surface area contributed by atoms with Crippen molar-refractivity contribution in [3.05, 3.63) is 49.9 Å². The maximum absolute atomic E-state index is 11.5. The van der Waals surface area contributed by atoms with Gasteiger partial charge in [0.2, 0.25) is 0 Å². The van der Waals surface area contributed by atoms with Gasteiger partial charge >= 0.3 is 0 Å². The van der Waals surface area contributed by atoms with E-state index in [1.165, 1.54) is 0 Å². The lowest BCUT2D eigenvalue weighted by molar-refractivity contribution is 0.565. The number of hydrogen-bond donors (Lipinski definition) is 0. The average molecular weight is 317 g/mol. The number of benzene rings is 1. The van der Waals surface area contributed by atoms with Crippen molar-refractivity contribution >= 4 is 35.0 Å². The molecule has 0 spiro atoms. The molecular weight excluding hydrogens is 303 g/mol. The molecule has 19 heavy (non-hydrogen) atoms. The molecule has 1 aromatic carbocycles. The summed E-state index contributed by atoms with van der Waals surface area (Å²) in [6, 6.07) is 5.37. The predicted octanol–water partition coefficient (Wildman–Crippen LogP) is 3.63. The van der Waals surface area contributed by atoms with Crippen molar-refractivity contribution in [3.63, 3.8) is 0 Å². The Labute approximate surface area is 126 Å². The lowest BCUT2D eigenvalue weighted by atomic mass is 10.2. The van der Waals surface area contributed by atoms with Crippen molar-refractivity contribution in [2.24, 2.45) is 14.1 Å². The summed E-state index contributed by atoms with van der Waals surface area (Å²) in [4.78, 5) is 12.5. The minimum absolute atomic E-state index is 0.00326. The van der Waals surface area contributed by atoms with Gasteiger partial charge in [-0.3, -0.25) is 14.2 Å². The Kier molecular flexibility index (Phi) is 4.33. The van der Waals surface area contributed by atoms with E-state index in [2.05, 4.69) is 0 Å². The van der Waals surface area contributed by atoms with E-state index in [-0.39, 0.29) is 5.56 Å². The van der Waals surface area contributed by atoms with Crippen LogP contribution in [0.25, 0.3) is 0 Å². The molecule has 0 saturated heterocycles. The fourth-order valence-electron chi connectivity index (χ4n) is 1.70. The summed E-state index contributed by atoms with van der Waals surface area (Å²) in [5, 5.41) is 1.31. The fraction of sp³-hybridized carbons (Fsp3) is 0.308. The highest BCUT2D eigenvalue weighted by Gasteiger charge is 2.09. The molecule has 2 aromatic rings. The molecule has 0 aliphatic carbocycles. The number of halogens is 2. The second-order valence-corrected chi connectivity index (χ2v) is 6.17. The molecule has 0 atom stereocenters. The molecule has 0 aliphatic rings. The van der Waals surface area contributed by atoms with E-state index in [4.69, 9.17) is 23.2 Å². The third-order valence-corrected chi connectivity index (χ3v) is 4.98. The van der Waals surface area contributed by atoms with Gasteiger partial charge in [-0.25, -0.2) is 0 Å². The van der Waals surface area contributed by atoms with Gasteiger partial charge in [0, 0.05) is 35.8 Å². The minimum atomic E-state index is -0.00326. The van der Waals surface area contributed by atoms with Gasteiger partial charge in [0.25, 0.3) is 5.56 Å². The van der Waals surface area contributed by atoms with E-state index in [1.807, 2.05) is 24.7 Å². The molecule has 0 radical (unpaired) electrons. The molecular formula is C13H14Cl2N2OS. The number of rotatable bonds is 3. The zero-order valence-electron chi connectivity index (χ0n) is 10.9. The van der Waals surface area contributed by atoms with Gasteiger partial charge in [-0.15, -0.1) is 11.8 Å². The summed E-state index contributed by atoms with van der Waals surface area (Å²) < 4.78 is 3.41. The summed E-state index contributed by atoms with van der Waals surface area (Å²) >= 11 is 13.8. The van der Waals surface area contributed by atoms with Gasteiger partial charge in [0.05, 0.1) is 10.7 Å². The van der Waals surface area contributed by atoms with Crippen LogP contribution in [0, 0.1) is 6.92 Å². The van der Waals surface area contributed by atoms with Crippen LogP contribution >= 0.6 is 35.0 Å². The Balaban J connectivity index is 2.21. The van der Waals surface area contributed by atoms with Gasteiger partial charge in [-0.2, -0.15) is 0 Å². The van der Waals surface area contributed by atoms with Crippen molar-refractivity contribution in [1.29, 1.82) is 0 Å². The Morgan fingerprint density at radius 3 is 2.37 bits per heavy atom. The van der Waals surface area contributed by atoms with E-state index in [0.29, 0.717) is 15.8 Å². The summed E-state index contributed by atoms with van der Waals surface area (Å²) in [5.74, 6) is 0.688. The van der Waals surface area contributed by atoms with E-state index < -0.39 is 0 Å². The van der Waals surface area contributed by atoms with Gasteiger partial charge in [0.15, 0.2) is 0 Å². The summed E-state index contributed by atoms with van der Waals surface area (Å²) in [6.45, 7) is 1.95. The molecule has 1 aromatic heterocycles. The van der Waals surface area contributed by atoms with Crippen LogP contribution in [0.3, 0.4) is 0 Å². The van der Waals surface area contributed by atoms with Crippen molar-refractivity contribution in [2.45, 2.75) is 17.6 Å². The van der Waals surface area contributed by atoms with Crippen LogP contribution in [0.5, 0.6) is 0 Å². The second kappa shape index (κ2) is 5.65. The van der Waals surface area contributed by atoms with Crippen molar-refractivity contribution in [1.82, 2.24) is 9.36 Å². The second-order valence-electron chi connectivity index (χ2n) is 4.34. The van der Waals surface area contributed by atoms with E-state index in [0.717, 1.165) is 16.2 Å². The molecule has 0 bridgehead atoms. The summed E-state index contributed by atoms with van der Waals surface area (Å²) in [5.41, 5.74) is 1.95. The largest absolute Gasteiger partial charge is 0.289 e. The summed E-state index contributed by atoms with van der Waals surface area (Å²) in [7, 11) is 3.61. The van der Waals surface area contributed by atoms with E-state index >= 15 is 0 Å². The SMILES string of the molecule is Cc1cc(SCc2cc(=O)n(C)n2C)c(Cl)cc1Cl. The molecule has 102 valence electrons. The molecule has 0 saturated carbocycles. The van der Waals surface area contributed by atoms with Gasteiger partial charge in [-0.05, 0) is 24.6 Å². The first-order valence-corrected chi connectivity index (χ1v) is 7.44. The molecule has 0 unspecified atom stereocenters. The molecule has 3 nitrogen and oxygen atoms in total. The zero-order valence-corrected chi connectivity index (χ0v) is 13.2. The van der Waals surface area contributed by atoms with Crippen LogP contribution in [-0.2, 0) is 19.8 Å². The zero-order chi connectivity index (χ0) is 14.2. The first-order chi connectivity index (χ1) is 8.90. The maximum atomic E-state index is 11.5. The molecule has 0 fully saturated rings. The Bertz CT molecular complexity index is 676. The number of aromatic nitrogens is 2. The maximum Gasteiger partial charge on any atom is 0.266 e. The summed E-state index contributed by atoms with van der Waals surface area (Å²) in [6.07, 6.45) is 0. The number of hydrogen-bond acceptors (Lipinski definition) is 2. The quantitative estimate of drug-likeness (QED) is 0.808. The first kappa shape index (κ1) is 14.6. The lowest BCUT2D eigenvalue weighted by Crippen LogP contribution is -2.16. The van der Waals surface area contributed by atoms with Crippen LogP contribution in [-0.4, -0.2) is 9.36 Å². The first-order valence-electron chi connectivity index (χ1n) is 5.70. The van der Waals surface area contributed by atoms with Gasteiger partial charge < -0.3 is 0 Å². The third-order valence-electron chi connectivity index (χ3n) is 3.06. The predicted molar refractivity (Wildman–Crippen MR) is 81.4 cm³/mol. The van der Waals surface area contributed by atoms with Crippen LogP contribution in [0.4, 0.5) is 0 Å². The standard InChI is InChI=1S/C13H14Cl2N2OS/c1-8-4-12(11(15)6-10(8)14)19-7-9-5-13(18)17(3)16(9)2/h4-6H,7H2,1-3H3.